The van der Waals surface area contributed by atoms with E-state index in [1.165, 1.54) is 23.3 Å². The highest BCUT2D eigenvalue weighted by atomic mass is 16.1. The van der Waals surface area contributed by atoms with Crippen LogP contribution >= 0.6 is 0 Å². The molecule has 18 heavy (non-hydrogen) atoms. The van der Waals surface area contributed by atoms with Gasteiger partial charge in [0.1, 0.15) is 0 Å². The van der Waals surface area contributed by atoms with Gasteiger partial charge in [-0.1, -0.05) is 31.9 Å². The molecule has 0 aromatic rings. The van der Waals surface area contributed by atoms with Crippen LogP contribution in [0.25, 0.3) is 0 Å². The molecule has 2 nitrogen and oxygen atoms in total. The van der Waals surface area contributed by atoms with Crippen molar-refractivity contribution in [3.63, 3.8) is 0 Å². The number of allylic oxidation sites excluding steroid dienone is 4. The van der Waals surface area contributed by atoms with Gasteiger partial charge >= 0.3 is 0 Å². The Labute approximate surface area is 108 Å². The van der Waals surface area contributed by atoms with Gasteiger partial charge in [-0.05, 0) is 31.9 Å². The van der Waals surface area contributed by atoms with Crippen molar-refractivity contribution in [3.05, 3.63) is 23.3 Å². The first kappa shape index (κ1) is 11.9. The van der Waals surface area contributed by atoms with Gasteiger partial charge in [-0.2, -0.15) is 0 Å². The second kappa shape index (κ2) is 3.04. The van der Waals surface area contributed by atoms with E-state index < -0.39 is 0 Å². The molecule has 0 amide bonds. The molecule has 0 heterocycles. The third-order valence-electron chi connectivity index (χ3n) is 6.63. The van der Waals surface area contributed by atoms with Gasteiger partial charge in [0.25, 0.3) is 0 Å². The minimum absolute atomic E-state index is 0.138. The van der Waals surface area contributed by atoms with Crippen molar-refractivity contribution in [2.24, 2.45) is 28.6 Å². The van der Waals surface area contributed by atoms with Gasteiger partial charge in [0, 0.05) is 22.7 Å². The van der Waals surface area contributed by atoms with Gasteiger partial charge in [-0.3, -0.25) is 9.59 Å². The molecule has 4 unspecified atom stereocenters. The smallest absolute Gasteiger partial charge is 0.160 e. The van der Waals surface area contributed by atoms with Gasteiger partial charge in [0.2, 0.25) is 0 Å². The number of fused-ring (bicyclic) bond motifs is 5. The maximum atomic E-state index is 12.3. The highest BCUT2D eigenvalue weighted by Crippen LogP contribution is 2.72. The summed E-state index contributed by atoms with van der Waals surface area (Å²) in [5.41, 5.74) is 2.38. The third kappa shape index (κ3) is 0.908. The Morgan fingerprint density at radius 2 is 1.22 bits per heavy atom. The van der Waals surface area contributed by atoms with Crippen molar-refractivity contribution in [3.8, 4) is 0 Å². The van der Waals surface area contributed by atoms with Gasteiger partial charge in [0.05, 0.1) is 0 Å². The predicted octanol–water partition coefficient (Wildman–Crippen LogP) is 2.94. The average molecular weight is 244 g/mol. The minimum Gasteiger partial charge on any atom is -0.294 e. The molecular formula is C16H20O2. The van der Waals surface area contributed by atoms with Crippen molar-refractivity contribution >= 4 is 11.6 Å². The van der Waals surface area contributed by atoms with E-state index in [1.807, 2.05) is 0 Å². The molecule has 2 heteroatoms. The van der Waals surface area contributed by atoms with Crippen LogP contribution in [0.2, 0.25) is 0 Å². The van der Waals surface area contributed by atoms with E-state index in [0.29, 0.717) is 5.92 Å². The summed E-state index contributed by atoms with van der Waals surface area (Å²) in [6.07, 6.45) is 2.99. The van der Waals surface area contributed by atoms with E-state index in [0.717, 1.165) is 0 Å². The second-order valence-corrected chi connectivity index (χ2v) is 6.63. The molecule has 0 radical (unpaired) electrons. The number of carbonyl (C=O) groups excluding carboxylic acids is 2. The number of hydrogen-bond donors (Lipinski definition) is 0. The molecule has 2 bridgehead atoms. The Bertz CT molecular complexity index is 493. The topological polar surface area (TPSA) is 34.1 Å². The van der Waals surface area contributed by atoms with Crippen molar-refractivity contribution < 1.29 is 9.59 Å². The van der Waals surface area contributed by atoms with Crippen molar-refractivity contribution in [1.82, 2.24) is 0 Å². The standard InChI is InChI=1S/C16H20O2/c1-8-9(2)16(5)10(3)15(8,4)13-11(17)6-7-12(18)14(13)16/h6-7,10,13-14H,1-5H3. The Balaban J connectivity index is 2.32. The molecule has 3 aliphatic rings. The summed E-state index contributed by atoms with van der Waals surface area (Å²) < 4.78 is 0. The van der Waals surface area contributed by atoms with Crippen LogP contribution < -0.4 is 0 Å². The molecule has 0 aromatic heterocycles. The summed E-state index contributed by atoms with van der Waals surface area (Å²) in [6.45, 7) is 10.8. The van der Waals surface area contributed by atoms with E-state index in [-0.39, 0.29) is 34.2 Å². The summed E-state index contributed by atoms with van der Waals surface area (Å²) in [4.78, 5) is 24.6. The molecule has 0 saturated heterocycles. The zero-order chi connectivity index (χ0) is 13.5. The van der Waals surface area contributed by atoms with Gasteiger partial charge in [-0.25, -0.2) is 0 Å². The van der Waals surface area contributed by atoms with Crippen LogP contribution in [0.15, 0.2) is 23.3 Å². The summed E-state index contributed by atoms with van der Waals surface area (Å²) in [5.74, 6) is 0.360. The second-order valence-electron chi connectivity index (χ2n) is 6.63. The summed E-state index contributed by atoms with van der Waals surface area (Å²) in [5, 5.41) is 0. The normalized spacial score (nSPS) is 50.2. The van der Waals surface area contributed by atoms with Crippen molar-refractivity contribution in [2.45, 2.75) is 34.6 Å². The van der Waals surface area contributed by atoms with Crippen LogP contribution in [0.1, 0.15) is 34.6 Å². The fraction of sp³-hybridized carbons (Fsp3) is 0.625. The molecule has 1 fully saturated rings. The molecule has 0 aromatic carbocycles. The number of ketones is 2. The van der Waals surface area contributed by atoms with Crippen LogP contribution in [0, 0.1) is 28.6 Å². The first-order valence-electron chi connectivity index (χ1n) is 6.71. The fourth-order valence-corrected chi connectivity index (χ4v) is 5.07. The highest BCUT2D eigenvalue weighted by Gasteiger charge is 2.71. The zero-order valence-corrected chi connectivity index (χ0v) is 11.7. The first-order valence-corrected chi connectivity index (χ1v) is 6.71. The number of hydrogen-bond acceptors (Lipinski definition) is 2. The highest BCUT2D eigenvalue weighted by molar-refractivity contribution is 6.09. The van der Waals surface area contributed by atoms with E-state index >= 15 is 0 Å². The largest absolute Gasteiger partial charge is 0.294 e. The molecule has 0 N–H and O–H groups in total. The lowest BCUT2D eigenvalue weighted by atomic mass is 9.61. The molecule has 3 aliphatic carbocycles. The maximum absolute atomic E-state index is 12.3. The summed E-state index contributed by atoms with van der Waals surface area (Å²) >= 11 is 0. The lowest BCUT2D eigenvalue weighted by molar-refractivity contribution is -0.132. The molecule has 3 rings (SSSR count). The lowest BCUT2D eigenvalue weighted by Gasteiger charge is -2.40. The van der Waals surface area contributed by atoms with Gasteiger partial charge in [-0.15, -0.1) is 0 Å². The fourth-order valence-electron chi connectivity index (χ4n) is 5.07. The zero-order valence-electron chi connectivity index (χ0n) is 11.7. The van der Waals surface area contributed by atoms with Crippen LogP contribution in [0.5, 0.6) is 0 Å². The molecule has 0 spiro atoms. The van der Waals surface area contributed by atoms with Crippen LogP contribution in [-0.4, -0.2) is 11.6 Å². The Hall–Kier alpha value is -1.18. The van der Waals surface area contributed by atoms with E-state index in [2.05, 4.69) is 34.6 Å². The van der Waals surface area contributed by atoms with Crippen LogP contribution in [0.4, 0.5) is 0 Å². The SMILES string of the molecule is CC1=C(C)C2(C)C3C(=O)C=CC(=O)C3C1(C)C2C. The number of carbonyl (C=O) groups is 2. The molecular weight excluding hydrogens is 224 g/mol. The monoisotopic (exact) mass is 244 g/mol. The Morgan fingerprint density at radius 1 is 0.889 bits per heavy atom. The van der Waals surface area contributed by atoms with Gasteiger partial charge in [0.15, 0.2) is 11.6 Å². The quantitative estimate of drug-likeness (QED) is 0.614. The van der Waals surface area contributed by atoms with Crippen molar-refractivity contribution in [1.29, 1.82) is 0 Å². The minimum atomic E-state index is -0.140. The van der Waals surface area contributed by atoms with E-state index in [9.17, 15) is 9.59 Å². The van der Waals surface area contributed by atoms with Gasteiger partial charge < -0.3 is 0 Å². The Morgan fingerprint density at radius 3 is 1.56 bits per heavy atom. The molecule has 4 atom stereocenters. The number of rotatable bonds is 0. The van der Waals surface area contributed by atoms with Crippen LogP contribution in [0.3, 0.4) is 0 Å². The average Bonchev–Trinajstić information content (AvgIpc) is 2.59. The maximum Gasteiger partial charge on any atom is 0.160 e. The molecule has 1 saturated carbocycles. The molecule has 96 valence electrons. The third-order valence-corrected chi connectivity index (χ3v) is 6.63. The first-order chi connectivity index (χ1) is 8.27. The van der Waals surface area contributed by atoms with Crippen LogP contribution in [-0.2, 0) is 9.59 Å². The lowest BCUT2D eigenvalue weighted by Crippen LogP contribution is -2.43. The van der Waals surface area contributed by atoms with E-state index in [4.69, 9.17) is 0 Å². The van der Waals surface area contributed by atoms with Crippen molar-refractivity contribution in [2.75, 3.05) is 0 Å². The summed E-state index contributed by atoms with van der Waals surface area (Å²) in [7, 11) is 0. The predicted molar refractivity (Wildman–Crippen MR) is 69.9 cm³/mol. The summed E-state index contributed by atoms with van der Waals surface area (Å²) in [6, 6.07) is 0. The van der Waals surface area contributed by atoms with E-state index in [1.54, 1.807) is 0 Å². The molecule has 0 aliphatic heterocycles. The Kier molecular flexibility index (Phi) is 2.01.